The number of hydrogen-bond donors (Lipinski definition) is 0. The van der Waals surface area contributed by atoms with Gasteiger partial charge in [0, 0.05) is 45.2 Å². The largest absolute Gasteiger partial charge is 0.441 e. The molecule has 2 heterocycles. The molecular formula is C19H22F3N3O2. The molecule has 0 saturated carbocycles. The van der Waals surface area contributed by atoms with Gasteiger partial charge in [-0.1, -0.05) is 6.07 Å². The van der Waals surface area contributed by atoms with Crippen LogP contribution in [0.15, 0.2) is 28.7 Å². The molecule has 5 nitrogen and oxygen atoms in total. The zero-order chi connectivity index (χ0) is 19.6. The minimum Gasteiger partial charge on any atom is -0.441 e. The molecule has 1 saturated heterocycles. The van der Waals surface area contributed by atoms with Crippen LogP contribution in [0.5, 0.6) is 0 Å². The Balaban J connectivity index is 1.74. The van der Waals surface area contributed by atoms with Gasteiger partial charge in [-0.2, -0.15) is 13.2 Å². The molecule has 0 radical (unpaired) electrons. The maximum atomic E-state index is 12.9. The number of aromatic nitrogens is 1. The van der Waals surface area contributed by atoms with Gasteiger partial charge < -0.3 is 9.32 Å². The van der Waals surface area contributed by atoms with Gasteiger partial charge in [0.05, 0.1) is 11.3 Å². The number of oxazole rings is 1. The molecule has 0 unspecified atom stereocenters. The van der Waals surface area contributed by atoms with E-state index in [1.165, 1.54) is 6.07 Å². The van der Waals surface area contributed by atoms with Crippen LogP contribution in [0.3, 0.4) is 0 Å². The smallest absolute Gasteiger partial charge is 0.416 e. The van der Waals surface area contributed by atoms with Gasteiger partial charge in [-0.3, -0.25) is 9.69 Å². The number of nitrogens with zero attached hydrogens (tertiary/aromatic N) is 3. The number of alkyl halides is 3. The molecule has 1 fully saturated rings. The molecule has 0 aliphatic carbocycles. The Morgan fingerprint density at radius 1 is 1.22 bits per heavy atom. The molecule has 1 aromatic heterocycles. The lowest BCUT2D eigenvalue weighted by molar-refractivity contribution is -0.137. The first-order chi connectivity index (χ1) is 12.7. The van der Waals surface area contributed by atoms with E-state index in [1.807, 2.05) is 4.90 Å². The van der Waals surface area contributed by atoms with E-state index in [0.717, 1.165) is 38.2 Å². The van der Waals surface area contributed by atoms with Crippen LogP contribution in [-0.4, -0.2) is 46.9 Å². The maximum absolute atomic E-state index is 12.9. The average molecular weight is 381 g/mol. The highest BCUT2D eigenvalue weighted by molar-refractivity contribution is 5.73. The van der Waals surface area contributed by atoms with Gasteiger partial charge in [-0.25, -0.2) is 4.98 Å². The monoisotopic (exact) mass is 381 g/mol. The van der Waals surface area contributed by atoms with Crippen molar-refractivity contribution in [3.05, 3.63) is 41.3 Å². The molecule has 0 N–H and O–H groups in total. The lowest BCUT2D eigenvalue weighted by Gasteiger charge is -2.20. The van der Waals surface area contributed by atoms with Crippen molar-refractivity contribution in [2.24, 2.45) is 0 Å². The summed E-state index contributed by atoms with van der Waals surface area (Å²) in [6.07, 6.45) is -3.54. The first-order valence-corrected chi connectivity index (χ1v) is 8.86. The number of hydrogen-bond acceptors (Lipinski definition) is 4. The third-order valence-electron chi connectivity index (χ3n) is 4.74. The molecule has 0 atom stereocenters. The molecule has 3 rings (SSSR count). The Hall–Kier alpha value is -2.35. The predicted octanol–water partition coefficient (Wildman–Crippen LogP) is 3.72. The Bertz CT molecular complexity index is 817. The molecule has 146 valence electrons. The summed E-state index contributed by atoms with van der Waals surface area (Å²) in [5.74, 6) is 0.852. The quantitative estimate of drug-likeness (QED) is 0.813. The van der Waals surface area contributed by atoms with Gasteiger partial charge in [0.15, 0.2) is 0 Å². The lowest BCUT2D eigenvalue weighted by Crippen LogP contribution is -2.33. The van der Waals surface area contributed by atoms with Crippen molar-refractivity contribution in [3.63, 3.8) is 0 Å². The van der Waals surface area contributed by atoms with E-state index in [4.69, 9.17) is 4.42 Å². The van der Waals surface area contributed by atoms with Gasteiger partial charge in [-0.05, 0) is 31.5 Å². The Morgan fingerprint density at radius 2 is 2.00 bits per heavy atom. The first kappa shape index (κ1) is 19.4. The van der Waals surface area contributed by atoms with Gasteiger partial charge >= 0.3 is 6.18 Å². The number of rotatable bonds is 3. The second kappa shape index (κ2) is 7.72. The van der Waals surface area contributed by atoms with E-state index in [0.29, 0.717) is 30.1 Å². The van der Waals surface area contributed by atoms with Crippen LogP contribution in [0, 0.1) is 6.92 Å². The Morgan fingerprint density at radius 3 is 2.70 bits per heavy atom. The summed E-state index contributed by atoms with van der Waals surface area (Å²) in [5.41, 5.74) is 0.283. The van der Waals surface area contributed by atoms with Crippen molar-refractivity contribution in [3.8, 4) is 11.5 Å². The number of aryl methyl sites for hydroxylation is 1. The highest BCUT2D eigenvalue weighted by atomic mass is 19.4. The van der Waals surface area contributed by atoms with E-state index in [-0.39, 0.29) is 11.8 Å². The molecule has 1 aliphatic rings. The standard InChI is InChI=1S/C19H22F3N3O2/c1-13-17(12-24-7-4-8-25(10-9-24)14(2)26)23-18(27-13)15-5-3-6-16(11-15)19(20,21)22/h3,5-6,11H,4,7-10,12H2,1-2H3. The van der Waals surface area contributed by atoms with Crippen LogP contribution in [0.1, 0.15) is 30.4 Å². The van der Waals surface area contributed by atoms with Crippen molar-refractivity contribution in [1.82, 2.24) is 14.8 Å². The van der Waals surface area contributed by atoms with Gasteiger partial charge in [-0.15, -0.1) is 0 Å². The summed E-state index contributed by atoms with van der Waals surface area (Å²) in [5, 5.41) is 0. The topological polar surface area (TPSA) is 49.6 Å². The first-order valence-electron chi connectivity index (χ1n) is 8.86. The van der Waals surface area contributed by atoms with E-state index < -0.39 is 11.7 Å². The predicted molar refractivity (Wildman–Crippen MR) is 93.8 cm³/mol. The number of amides is 1. The molecule has 0 bridgehead atoms. The van der Waals surface area contributed by atoms with E-state index in [9.17, 15) is 18.0 Å². The minimum atomic E-state index is -4.41. The van der Waals surface area contributed by atoms with Crippen LogP contribution in [0.25, 0.3) is 11.5 Å². The molecule has 1 aromatic carbocycles. The Kier molecular flexibility index (Phi) is 5.55. The van der Waals surface area contributed by atoms with Crippen molar-refractivity contribution in [2.75, 3.05) is 26.2 Å². The highest BCUT2D eigenvalue weighted by Crippen LogP contribution is 2.32. The van der Waals surface area contributed by atoms with Crippen LogP contribution in [-0.2, 0) is 17.5 Å². The Labute approximate surface area is 155 Å². The second-order valence-corrected chi connectivity index (χ2v) is 6.74. The summed E-state index contributed by atoms with van der Waals surface area (Å²) in [4.78, 5) is 20.0. The van der Waals surface area contributed by atoms with E-state index in [1.54, 1.807) is 19.9 Å². The lowest BCUT2D eigenvalue weighted by atomic mass is 10.1. The normalized spacial score (nSPS) is 16.4. The fourth-order valence-corrected chi connectivity index (χ4v) is 3.18. The van der Waals surface area contributed by atoms with E-state index >= 15 is 0 Å². The fourth-order valence-electron chi connectivity index (χ4n) is 3.18. The maximum Gasteiger partial charge on any atom is 0.416 e. The number of halogens is 3. The fraction of sp³-hybridized carbons (Fsp3) is 0.474. The summed E-state index contributed by atoms with van der Waals surface area (Å²) >= 11 is 0. The molecule has 8 heteroatoms. The van der Waals surface area contributed by atoms with Crippen molar-refractivity contribution < 1.29 is 22.4 Å². The number of carbonyl (C=O) groups is 1. The molecule has 1 amide bonds. The molecule has 2 aromatic rings. The molecule has 0 spiro atoms. The summed E-state index contributed by atoms with van der Waals surface area (Å²) < 4.78 is 44.4. The van der Waals surface area contributed by atoms with Crippen molar-refractivity contribution in [1.29, 1.82) is 0 Å². The highest BCUT2D eigenvalue weighted by Gasteiger charge is 2.31. The van der Waals surface area contributed by atoms with Gasteiger partial charge in [0.2, 0.25) is 11.8 Å². The summed E-state index contributed by atoms with van der Waals surface area (Å²) in [7, 11) is 0. The summed E-state index contributed by atoms with van der Waals surface area (Å²) in [6, 6.07) is 4.98. The zero-order valence-corrected chi connectivity index (χ0v) is 15.3. The number of benzene rings is 1. The third-order valence-corrected chi connectivity index (χ3v) is 4.74. The summed E-state index contributed by atoms with van der Waals surface area (Å²) in [6.45, 7) is 6.82. The van der Waals surface area contributed by atoms with Gasteiger partial charge in [0.1, 0.15) is 5.76 Å². The van der Waals surface area contributed by atoms with Crippen molar-refractivity contribution >= 4 is 5.91 Å². The van der Waals surface area contributed by atoms with Crippen LogP contribution < -0.4 is 0 Å². The van der Waals surface area contributed by atoms with Crippen LogP contribution >= 0.6 is 0 Å². The van der Waals surface area contributed by atoms with Crippen LogP contribution in [0.2, 0.25) is 0 Å². The van der Waals surface area contributed by atoms with E-state index in [2.05, 4.69) is 9.88 Å². The molecule has 27 heavy (non-hydrogen) atoms. The average Bonchev–Trinajstić information content (AvgIpc) is 2.81. The molecule has 1 aliphatic heterocycles. The van der Waals surface area contributed by atoms with Crippen LogP contribution in [0.4, 0.5) is 13.2 Å². The van der Waals surface area contributed by atoms with Gasteiger partial charge in [0.25, 0.3) is 0 Å². The third kappa shape index (κ3) is 4.68. The zero-order valence-electron chi connectivity index (χ0n) is 15.3. The SMILES string of the molecule is CC(=O)N1CCCN(Cc2nc(-c3cccc(C(F)(F)F)c3)oc2C)CC1. The number of carbonyl (C=O) groups excluding carboxylic acids is 1. The molecular weight excluding hydrogens is 359 g/mol. The van der Waals surface area contributed by atoms with Crippen molar-refractivity contribution in [2.45, 2.75) is 33.0 Å². The second-order valence-electron chi connectivity index (χ2n) is 6.74. The minimum absolute atomic E-state index is 0.0706.